The van der Waals surface area contributed by atoms with Crippen LogP contribution in [0.25, 0.3) is 0 Å². The number of rotatable bonds is 8. The van der Waals surface area contributed by atoms with Crippen molar-refractivity contribution in [3.05, 3.63) is 29.8 Å². The third kappa shape index (κ3) is 5.72. The molecule has 2 saturated heterocycles. The molecule has 0 aliphatic carbocycles. The van der Waals surface area contributed by atoms with Crippen LogP contribution in [0.15, 0.2) is 34.2 Å². The molecule has 8 nitrogen and oxygen atoms in total. The average molecular weight is 439 g/mol. The summed E-state index contributed by atoms with van der Waals surface area (Å²) in [6, 6.07) is 7.05. The Morgan fingerprint density at radius 2 is 1.93 bits per heavy atom. The number of hydrogen-bond donors (Lipinski definition) is 3. The summed E-state index contributed by atoms with van der Waals surface area (Å²) in [7, 11) is -1.68. The van der Waals surface area contributed by atoms with Crippen molar-refractivity contribution in [2.45, 2.75) is 43.5 Å². The molecule has 2 aliphatic rings. The maximum Gasteiger partial charge on any atom is 0.243 e. The Bertz CT molecular complexity index is 799. The van der Waals surface area contributed by atoms with Gasteiger partial charge in [0.1, 0.15) is 0 Å². The van der Waals surface area contributed by atoms with E-state index in [1.807, 2.05) is 12.1 Å². The quantitative estimate of drug-likeness (QED) is 0.418. The van der Waals surface area contributed by atoms with E-state index in [1.165, 1.54) is 0 Å². The van der Waals surface area contributed by atoms with Gasteiger partial charge in [0.25, 0.3) is 0 Å². The first-order chi connectivity index (χ1) is 14.5. The van der Waals surface area contributed by atoms with E-state index < -0.39 is 10.0 Å². The molecule has 2 heterocycles. The summed E-state index contributed by atoms with van der Waals surface area (Å²) in [4.78, 5) is 4.61. The van der Waals surface area contributed by atoms with Crippen molar-refractivity contribution >= 4 is 16.0 Å². The second kappa shape index (κ2) is 10.6. The third-order valence-electron chi connectivity index (χ3n) is 6.02. The van der Waals surface area contributed by atoms with E-state index >= 15 is 0 Å². The highest BCUT2D eigenvalue weighted by Gasteiger charge is 2.34. The van der Waals surface area contributed by atoms with Crippen LogP contribution in [0.2, 0.25) is 0 Å². The lowest BCUT2D eigenvalue weighted by atomic mass is 9.84. The summed E-state index contributed by atoms with van der Waals surface area (Å²) < 4.78 is 32.6. The molecule has 3 N–H and O–H groups in total. The molecule has 1 unspecified atom stereocenters. The Labute approximate surface area is 179 Å². The smallest absolute Gasteiger partial charge is 0.243 e. The first-order valence-electron chi connectivity index (χ1n) is 10.7. The molecular weight excluding hydrogens is 404 g/mol. The summed E-state index contributed by atoms with van der Waals surface area (Å²) in [5.74, 6) is 0.671. The monoisotopic (exact) mass is 438 g/mol. The van der Waals surface area contributed by atoms with Crippen molar-refractivity contribution in [2.75, 3.05) is 46.5 Å². The van der Waals surface area contributed by atoms with E-state index in [-0.39, 0.29) is 12.0 Å². The Morgan fingerprint density at radius 3 is 2.53 bits per heavy atom. The fourth-order valence-corrected chi connectivity index (χ4v) is 5.54. The van der Waals surface area contributed by atoms with Crippen molar-refractivity contribution in [1.29, 1.82) is 0 Å². The van der Waals surface area contributed by atoms with Gasteiger partial charge < -0.3 is 20.5 Å². The molecule has 0 spiro atoms. The number of benzene rings is 1. The van der Waals surface area contributed by atoms with Gasteiger partial charge in [-0.3, -0.25) is 4.99 Å². The van der Waals surface area contributed by atoms with Gasteiger partial charge in [-0.15, -0.1) is 0 Å². The lowest BCUT2D eigenvalue weighted by molar-refractivity contribution is 0.127. The highest BCUT2D eigenvalue weighted by molar-refractivity contribution is 7.89. The molecule has 1 aromatic carbocycles. The van der Waals surface area contributed by atoms with Crippen molar-refractivity contribution in [2.24, 2.45) is 10.4 Å². The molecule has 9 heteroatoms. The molecule has 0 bridgehead atoms. The van der Waals surface area contributed by atoms with Gasteiger partial charge in [0, 0.05) is 51.9 Å². The summed E-state index contributed by atoms with van der Waals surface area (Å²) in [5.41, 5.74) is 0.918. The van der Waals surface area contributed by atoms with Crippen molar-refractivity contribution in [3.8, 4) is 0 Å². The number of guanidine groups is 1. The molecule has 168 valence electrons. The van der Waals surface area contributed by atoms with E-state index in [0.29, 0.717) is 50.1 Å². The second-order valence-electron chi connectivity index (χ2n) is 8.16. The number of sulfonamides is 1. The van der Waals surface area contributed by atoms with E-state index in [4.69, 9.17) is 4.74 Å². The number of aliphatic imine (C=N–C) groups is 1. The number of piperidine rings is 1. The maximum absolute atomic E-state index is 12.8. The standard InChI is InChI=1S/C21H34N4O4S/c1-22-20(24-16-21(9-13-26)10-14-29-17-21)23-15-18-5-7-19(8-6-18)30(27,28)25-11-3-2-4-12-25/h5-8,26H,2-4,9-17H2,1H3,(H2,22,23,24). The number of nitrogens with one attached hydrogen (secondary N) is 2. The van der Waals surface area contributed by atoms with Gasteiger partial charge in [-0.1, -0.05) is 18.6 Å². The lowest BCUT2D eigenvalue weighted by Gasteiger charge is -2.27. The fraction of sp³-hybridized carbons (Fsp3) is 0.667. The van der Waals surface area contributed by atoms with Crippen LogP contribution in [0.4, 0.5) is 0 Å². The molecule has 0 saturated carbocycles. The molecule has 0 radical (unpaired) electrons. The molecule has 1 aromatic rings. The molecule has 0 amide bonds. The Kier molecular flexibility index (Phi) is 8.10. The van der Waals surface area contributed by atoms with Gasteiger partial charge in [-0.2, -0.15) is 4.31 Å². The van der Waals surface area contributed by atoms with E-state index in [2.05, 4.69) is 15.6 Å². The zero-order valence-corrected chi connectivity index (χ0v) is 18.6. The topological polar surface area (TPSA) is 103 Å². The lowest BCUT2D eigenvalue weighted by Crippen LogP contribution is -2.44. The molecule has 1 atom stereocenters. The highest BCUT2D eigenvalue weighted by Crippen LogP contribution is 2.31. The Morgan fingerprint density at radius 1 is 1.20 bits per heavy atom. The van der Waals surface area contributed by atoms with Gasteiger partial charge in [-0.25, -0.2) is 8.42 Å². The van der Waals surface area contributed by atoms with E-state index in [1.54, 1.807) is 23.5 Å². The van der Waals surface area contributed by atoms with Crippen LogP contribution in [-0.2, 0) is 21.3 Å². The average Bonchev–Trinajstić information content (AvgIpc) is 3.24. The highest BCUT2D eigenvalue weighted by atomic mass is 32.2. The predicted molar refractivity (Wildman–Crippen MR) is 117 cm³/mol. The zero-order chi connectivity index (χ0) is 21.5. The summed E-state index contributed by atoms with van der Waals surface area (Å²) in [6.45, 7) is 3.94. The minimum Gasteiger partial charge on any atom is -0.396 e. The normalized spacial score (nSPS) is 23.5. The van der Waals surface area contributed by atoms with Crippen LogP contribution >= 0.6 is 0 Å². The number of aliphatic hydroxyl groups is 1. The van der Waals surface area contributed by atoms with Crippen molar-refractivity contribution in [1.82, 2.24) is 14.9 Å². The Hall–Kier alpha value is -1.68. The SMILES string of the molecule is CN=C(NCc1ccc(S(=O)(=O)N2CCCCC2)cc1)NCC1(CCO)CCOC1. The number of aliphatic hydroxyl groups excluding tert-OH is 1. The second-order valence-corrected chi connectivity index (χ2v) is 10.1. The largest absolute Gasteiger partial charge is 0.396 e. The summed E-state index contributed by atoms with van der Waals surface area (Å²) in [6.07, 6.45) is 4.58. The molecule has 3 rings (SSSR count). The maximum atomic E-state index is 12.8. The summed E-state index contributed by atoms with van der Waals surface area (Å²) in [5, 5.41) is 16.0. The zero-order valence-electron chi connectivity index (χ0n) is 17.8. The van der Waals surface area contributed by atoms with Crippen LogP contribution in [0, 0.1) is 5.41 Å². The van der Waals surface area contributed by atoms with Gasteiger partial charge >= 0.3 is 0 Å². The van der Waals surface area contributed by atoms with Crippen LogP contribution < -0.4 is 10.6 Å². The van der Waals surface area contributed by atoms with Crippen molar-refractivity contribution < 1.29 is 18.3 Å². The minimum atomic E-state index is -3.40. The number of hydrogen-bond acceptors (Lipinski definition) is 5. The van der Waals surface area contributed by atoms with Gasteiger partial charge in [0.2, 0.25) is 10.0 Å². The van der Waals surface area contributed by atoms with Crippen LogP contribution in [0.1, 0.15) is 37.7 Å². The predicted octanol–water partition coefficient (Wildman–Crippen LogP) is 1.32. The summed E-state index contributed by atoms with van der Waals surface area (Å²) >= 11 is 0. The van der Waals surface area contributed by atoms with E-state index in [0.717, 1.165) is 37.9 Å². The molecule has 0 aromatic heterocycles. The molecule has 2 aliphatic heterocycles. The molecule has 2 fully saturated rings. The first kappa shape index (κ1) is 23.0. The number of nitrogens with zero attached hydrogens (tertiary/aromatic N) is 2. The van der Waals surface area contributed by atoms with Gasteiger partial charge in [0.05, 0.1) is 11.5 Å². The minimum absolute atomic E-state index is 0.0587. The number of ether oxygens (including phenoxy) is 1. The van der Waals surface area contributed by atoms with Crippen LogP contribution in [0.3, 0.4) is 0 Å². The van der Waals surface area contributed by atoms with Gasteiger partial charge in [0.15, 0.2) is 5.96 Å². The van der Waals surface area contributed by atoms with Crippen molar-refractivity contribution in [3.63, 3.8) is 0 Å². The molecule has 30 heavy (non-hydrogen) atoms. The van der Waals surface area contributed by atoms with Crippen LogP contribution in [0.5, 0.6) is 0 Å². The van der Waals surface area contributed by atoms with Crippen LogP contribution in [-0.4, -0.2) is 70.3 Å². The van der Waals surface area contributed by atoms with Gasteiger partial charge in [-0.05, 0) is 43.4 Å². The first-order valence-corrected chi connectivity index (χ1v) is 12.2. The fourth-order valence-electron chi connectivity index (χ4n) is 4.02. The molecular formula is C21H34N4O4S. The van der Waals surface area contributed by atoms with E-state index in [9.17, 15) is 13.5 Å². The Balaban J connectivity index is 1.53. The third-order valence-corrected chi connectivity index (χ3v) is 7.93.